The number of phosphoric acid groups is 1. The molecule has 0 fully saturated rings. The molecular formula is C38H65N2O6P. The van der Waals surface area contributed by atoms with Gasteiger partial charge in [0.25, 0.3) is 0 Å². The molecule has 0 aliphatic rings. The summed E-state index contributed by atoms with van der Waals surface area (Å²) in [5, 5.41) is 13.5. The van der Waals surface area contributed by atoms with Crippen molar-refractivity contribution >= 4 is 13.7 Å². The molecule has 0 spiro atoms. The Morgan fingerprint density at radius 1 is 0.723 bits per heavy atom. The molecule has 5 N–H and O–H groups in total. The van der Waals surface area contributed by atoms with Crippen LogP contribution in [-0.4, -0.2) is 47.8 Å². The minimum absolute atomic E-state index is 0.0631. The molecule has 0 saturated carbocycles. The van der Waals surface area contributed by atoms with Crippen molar-refractivity contribution < 1.29 is 28.4 Å². The van der Waals surface area contributed by atoms with Crippen LogP contribution < -0.4 is 11.1 Å². The molecule has 3 atom stereocenters. The number of amides is 1. The van der Waals surface area contributed by atoms with Crippen molar-refractivity contribution in [1.29, 1.82) is 0 Å². The number of aliphatic hydroxyl groups is 1. The third-order valence-electron chi connectivity index (χ3n) is 6.95. The van der Waals surface area contributed by atoms with Crippen molar-refractivity contribution in [2.24, 2.45) is 5.73 Å². The zero-order valence-corrected chi connectivity index (χ0v) is 30.1. The molecule has 9 heteroatoms. The van der Waals surface area contributed by atoms with Crippen molar-refractivity contribution in [2.75, 3.05) is 19.8 Å². The number of nitrogens with one attached hydrogen (secondary N) is 1. The van der Waals surface area contributed by atoms with Gasteiger partial charge in [-0.25, -0.2) is 4.57 Å². The van der Waals surface area contributed by atoms with Gasteiger partial charge in [-0.1, -0.05) is 118 Å². The van der Waals surface area contributed by atoms with E-state index < -0.39 is 20.0 Å². The Kier molecular flexibility index (Phi) is 31.9. The first-order chi connectivity index (χ1) is 22.9. The smallest absolute Gasteiger partial charge is 0.387 e. The number of rotatable bonds is 31. The van der Waals surface area contributed by atoms with Crippen LogP contribution in [0.25, 0.3) is 0 Å². The molecule has 0 saturated heterocycles. The van der Waals surface area contributed by atoms with Crippen molar-refractivity contribution in [3.63, 3.8) is 0 Å². The highest BCUT2D eigenvalue weighted by atomic mass is 31.2. The molecule has 268 valence electrons. The summed E-state index contributed by atoms with van der Waals surface area (Å²) < 4.78 is 21.9. The summed E-state index contributed by atoms with van der Waals surface area (Å²) in [7, 11) is -4.35. The number of nitrogens with two attached hydrogens (primary N) is 1. The minimum Gasteiger partial charge on any atom is -0.387 e. The summed E-state index contributed by atoms with van der Waals surface area (Å²) >= 11 is 0. The first-order valence-corrected chi connectivity index (χ1v) is 19.2. The molecule has 0 aromatic heterocycles. The third-order valence-corrected chi connectivity index (χ3v) is 7.94. The molecule has 8 nitrogen and oxygen atoms in total. The lowest BCUT2D eigenvalue weighted by atomic mass is 10.1. The van der Waals surface area contributed by atoms with Crippen LogP contribution in [0.1, 0.15) is 117 Å². The minimum atomic E-state index is -4.35. The standard InChI is InChI=1S/C38H65N2O6P/c1-3-5-7-9-11-13-14-15-16-17-18-19-20-21-22-24-26-28-30-32-38(42)40-36(35-46-47(43,44)45-34-33-39)37(41)31-29-27-25-23-12-10-8-6-4-2/h5,7,11-13,15-16,18-19,21-23,29,31,36-37,41H,3-4,6,8-10,14,17,20,24-28,30,32-35,39H2,1-2H3,(H,40,42)(H,43,44)/b7-5-,13-11-,16-15-,19-18-,22-21-,23-12+,31-29+. The predicted octanol–water partition coefficient (Wildman–Crippen LogP) is 9.10. The highest BCUT2D eigenvalue weighted by Crippen LogP contribution is 2.43. The van der Waals surface area contributed by atoms with Crippen molar-refractivity contribution in [3.05, 3.63) is 85.1 Å². The topological polar surface area (TPSA) is 131 Å². The summed E-state index contributed by atoms with van der Waals surface area (Å²) in [6.45, 7) is 3.87. The summed E-state index contributed by atoms with van der Waals surface area (Å²) in [4.78, 5) is 22.5. The molecule has 0 aliphatic carbocycles. The number of hydrogen-bond acceptors (Lipinski definition) is 6. The zero-order valence-electron chi connectivity index (χ0n) is 29.2. The van der Waals surface area contributed by atoms with E-state index in [-0.39, 0.29) is 25.7 Å². The van der Waals surface area contributed by atoms with E-state index in [1.165, 1.54) is 19.3 Å². The van der Waals surface area contributed by atoms with Gasteiger partial charge in [-0.15, -0.1) is 0 Å². The van der Waals surface area contributed by atoms with E-state index in [9.17, 15) is 19.4 Å². The number of unbranched alkanes of at least 4 members (excludes halogenated alkanes) is 7. The maximum absolute atomic E-state index is 12.6. The average Bonchev–Trinajstić information content (AvgIpc) is 3.05. The van der Waals surface area contributed by atoms with E-state index in [1.54, 1.807) is 6.08 Å². The highest BCUT2D eigenvalue weighted by Gasteiger charge is 2.26. The van der Waals surface area contributed by atoms with E-state index >= 15 is 0 Å². The monoisotopic (exact) mass is 676 g/mol. The Labute approximate surface area is 286 Å². The van der Waals surface area contributed by atoms with Gasteiger partial charge in [0, 0.05) is 13.0 Å². The molecule has 47 heavy (non-hydrogen) atoms. The molecule has 0 aromatic rings. The SMILES string of the molecule is CC/C=C\C/C=C\C/C=C\C/C=C\C/C=C\CCCCCC(=O)NC(COP(=O)(O)OCCN)C(O)/C=C/CC/C=C/CCCCC. The Bertz CT molecular complexity index is 1000. The van der Waals surface area contributed by atoms with Gasteiger partial charge in [0.05, 0.1) is 25.4 Å². The van der Waals surface area contributed by atoms with E-state index in [4.69, 9.17) is 14.8 Å². The fraction of sp³-hybridized carbons (Fsp3) is 0.605. The lowest BCUT2D eigenvalue weighted by molar-refractivity contribution is -0.123. The maximum atomic E-state index is 12.6. The number of phosphoric ester groups is 1. The lowest BCUT2D eigenvalue weighted by Crippen LogP contribution is -2.45. The van der Waals surface area contributed by atoms with Crippen LogP contribution in [0.2, 0.25) is 0 Å². The average molecular weight is 677 g/mol. The summed E-state index contributed by atoms with van der Waals surface area (Å²) in [5.74, 6) is -0.244. The number of hydrogen-bond donors (Lipinski definition) is 4. The van der Waals surface area contributed by atoms with Crippen molar-refractivity contribution in [2.45, 2.75) is 129 Å². The molecule has 0 aromatic carbocycles. The third kappa shape index (κ3) is 32.0. The maximum Gasteiger partial charge on any atom is 0.472 e. The second-order valence-corrected chi connectivity index (χ2v) is 12.8. The Balaban J connectivity index is 4.41. The summed E-state index contributed by atoms with van der Waals surface area (Å²) in [6, 6.07) is -0.897. The van der Waals surface area contributed by atoms with Crippen LogP contribution in [0, 0.1) is 0 Å². The van der Waals surface area contributed by atoms with E-state index in [1.807, 2.05) is 6.08 Å². The normalized spacial score (nSPS) is 15.4. The second-order valence-electron chi connectivity index (χ2n) is 11.3. The van der Waals surface area contributed by atoms with Gasteiger partial charge >= 0.3 is 7.82 Å². The van der Waals surface area contributed by atoms with Gasteiger partial charge in [0.2, 0.25) is 5.91 Å². The quantitative estimate of drug-likeness (QED) is 0.0327. The molecule has 1 amide bonds. The Morgan fingerprint density at radius 2 is 1.26 bits per heavy atom. The van der Waals surface area contributed by atoms with Crippen LogP contribution in [0.4, 0.5) is 0 Å². The second kappa shape index (κ2) is 33.6. The van der Waals surface area contributed by atoms with Crippen LogP contribution in [0.15, 0.2) is 85.1 Å². The van der Waals surface area contributed by atoms with Gasteiger partial charge in [-0.05, 0) is 77.0 Å². The van der Waals surface area contributed by atoms with Gasteiger partial charge in [-0.2, -0.15) is 0 Å². The first kappa shape index (κ1) is 44.7. The van der Waals surface area contributed by atoms with E-state index in [0.29, 0.717) is 12.8 Å². The first-order valence-electron chi connectivity index (χ1n) is 17.7. The molecular weight excluding hydrogens is 611 g/mol. The molecule has 0 bridgehead atoms. The van der Waals surface area contributed by atoms with Crippen molar-refractivity contribution in [1.82, 2.24) is 5.32 Å². The fourth-order valence-electron chi connectivity index (χ4n) is 4.29. The summed E-state index contributed by atoms with van der Waals surface area (Å²) in [5.41, 5.74) is 5.33. The number of aliphatic hydroxyl groups excluding tert-OH is 1. The number of allylic oxidation sites excluding steroid dienone is 13. The van der Waals surface area contributed by atoms with Crippen LogP contribution in [0.3, 0.4) is 0 Å². The van der Waals surface area contributed by atoms with Gasteiger partial charge in [0.15, 0.2) is 0 Å². The van der Waals surface area contributed by atoms with Crippen LogP contribution in [-0.2, 0) is 18.4 Å². The number of carbonyl (C=O) groups is 1. The van der Waals surface area contributed by atoms with Crippen LogP contribution >= 0.6 is 7.82 Å². The number of carbonyl (C=O) groups excluding carboxylic acids is 1. The van der Waals surface area contributed by atoms with Gasteiger partial charge < -0.3 is 21.1 Å². The molecule has 0 radical (unpaired) electrons. The highest BCUT2D eigenvalue weighted by molar-refractivity contribution is 7.47. The van der Waals surface area contributed by atoms with Gasteiger partial charge in [0.1, 0.15) is 0 Å². The summed E-state index contributed by atoms with van der Waals surface area (Å²) in [6.07, 6.45) is 43.5. The van der Waals surface area contributed by atoms with Gasteiger partial charge in [-0.3, -0.25) is 13.8 Å². The van der Waals surface area contributed by atoms with Crippen molar-refractivity contribution in [3.8, 4) is 0 Å². The largest absolute Gasteiger partial charge is 0.472 e. The molecule has 3 unspecified atom stereocenters. The molecule has 0 rings (SSSR count). The fourth-order valence-corrected chi connectivity index (χ4v) is 5.05. The predicted molar refractivity (Wildman–Crippen MR) is 198 cm³/mol. The Hall–Kier alpha value is -2.32. The van der Waals surface area contributed by atoms with Crippen LogP contribution in [0.5, 0.6) is 0 Å². The lowest BCUT2D eigenvalue weighted by Gasteiger charge is -2.23. The zero-order chi connectivity index (χ0) is 34.7. The van der Waals surface area contributed by atoms with E-state index in [2.05, 4.69) is 92.1 Å². The Morgan fingerprint density at radius 3 is 1.85 bits per heavy atom. The van der Waals surface area contributed by atoms with E-state index in [0.717, 1.165) is 70.6 Å². The molecule has 0 heterocycles. The molecule has 0 aliphatic heterocycles.